The molecule has 1 aliphatic rings. The molecular formula is C17H27NO2. The van der Waals surface area contributed by atoms with E-state index in [1.54, 1.807) is 7.11 Å². The molecule has 0 amide bonds. The van der Waals surface area contributed by atoms with Crippen LogP contribution in [0.1, 0.15) is 44.6 Å². The van der Waals surface area contributed by atoms with Gasteiger partial charge in [0, 0.05) is 6.04 Å². The molecule has 3 heteroatoms. The Balaban J connectivity index is 2.05. The number of ether oxygens (including phenoxy) is 2. The molecule has 1 aromatic carbocycles. The van der Waals surface area contributed by atoms with E-state index in [0.717, 1.165) is 30.9 Å². The van der Waals surface area contributed by atoms with Gasteiger partial charge in [0.15, 0.2) is 11.5 Å². The minimum absolute atomic E-state index is 0.631. The standard InChI is InChI=1S/C17H27NO2/c1-5-6-9-20-16-8-7-13(10-17(16)19-4)14-11-15(18-3)12(14)2/h7-8,10,12,14-15,18H,5-6,9,11H2,1-4H3. The van der Waals surface area contributed by atoms with Gasteiger partial charge in [-0.2, -0.15) is 0 Å². The number of benzene rings is 1. The molecule has 0 spiro atoms. The Morgan fingerprint density at radius 1 is 1.30 bits per heavy atom. The van der Waals surface area contributed by atoms with Crippen LogP contribution in [0, 0.1) is 5.92 Å². The Labute approximate surface area is 122 Å². The van der Waals surface area contributed by atoms with Gasteiger partial charge in [0.25, 0.3) is 0 Å². The summed E-state index contributed by atoms with van der Waals surface area (Å²) in [5.41, 5.74) is 1.36. The second-order valence-electron chi connectivity index (χ2n) is 5.71. The van der Waals surface area contributed by atoms with Crippen molar-refractivity contribution < 1.29 is 9.47 Å². The molecule has 0 aromatic heterocycles. The van der Waals surface area contributed by atoms with Gasteiger partial charge in [-0.25, -0.2) is 0 Å². The van der Waals surface area contributed by atoms with Crippen molar-refractivity contribution in [3.05, 3.63) is 23.8 Å². The van der Waals surface area contributed by atoms with Crippen molar-refractivity contribution in [2.24, 2.45) is 5.92 Å². The number of unbranched alkanes of at least 4 members (excludes halogenated alkanes) is 1. The predicted octanol–water partition coefficient (Wildman–Crippen LogP) is 3.59. The smallest absolute Gasteiger partial charge is 0.161 e. The zero-order valence-electron chi connectivity index (χ0n) is 13.1. The van der Waals surface area contributed by atoms with Crippen molar-refractivity contribution in [1.82, 2.24) is 5.32 Å². The molecule has 0 saturated heterocycles. The number of nitrogens with one attached hydrogen (secondary N) is 1. The van der Waals surface area contributed by atoms with Gasteiger partial charge in [-0.05, 0) is 49.4 Å². The normalized spacial score (nSPS) is 25.1. The van der Waals surface area contributed by atoms with Crippen LogP contribution in [-0.4, -0.2) is 26.8 Å². The molecule has 0 aliphatic heterocycles. The highest BCUT2D eigenvalue weighted by Crippen LogP contribution is 2.44. The summed E-state index contributed by atoms with van der Waals surface area (Å²) in [4.78, 5) is 0. The van der Waals surface area contributed by atoms with E-state index in [-0.39, 0.29) is 0 Å². The maximum atomic E-state index is 5.79. The largest absolute Gasteiger partial charge is 0.493 e. The van der Waals surface area contributed by atoms with E-state index >= 15 is 0 Å². The van der Waals surface area contributed by atoms with Gasteiger partial charge in [-0.15, -0.1) is 0 Å². The lowest BCUT2D eigenvalue weighted by Crippen LogP contribution is -2.46. The fourth-order valence-electron chi connectivity index (χ4n) is 2.97. The molecule has 3 atom stereocenters. The third kappa shape index (κ3) is 3.09. The second kappa shape index (κ2) is 6.98. The van der Waals surface area contributed by atoms with Crippen molar-refractivity contribution in [1.29, 1.82) is 0 Å². The van der Waals surface area contributed by atoms with Crippen molar-refractivity contribution in [3.8, 4) is 11.5 Å². The second-order valence-corrected chi connectivity index (χ2v) is 5.71. The van der Waals surface area contributed by atoms with E-state index in [0.29, 0.717) is 17.9 Å². The molecule has 3 nitrogen and oxygen atoms in total. The zero-order valence-corrected chi connectivity index (χ0v) is 13.1. The summed E-state index contributed by atoms with van der Waals surface area (Å²) >= 11 is 0. The first-order chi connectivity index (χ1) is 9.71. The summed E-state index contributed by atoms with van der Waals surface area (Å²) < 4.78 is 11.3. The lowest BCUT2D eigenvalue weighted by Gasteiger charge is -2.43. The first kappa shape index (κ1) is 15.2. The van der Waals surface area contributed by atoms with Crippen LogP contribution in [0.5, 0.6) is 11.5 Å². The number of rotatable bonds is 7. The first-order valence-corrected chi connectivity index (χ1v) is 7.69. The summed E-state index contributed by atoms with van der Waals surface area (Å²) in [6.07, 6.45) is 3.43. The Hall–Kier alpha value is -1.22. The summed E-state index contributed by atoms with van der Waals surface area (Å²) in [5.74, 6) is 3.03. The van der Waals surface area contributed by atoms with Gasteiger partial charge < -0.3 is 14.8 Å². The van der Waals surface area contributed by atoms with E-state index in [1.165, 1.54) is 12.0 Å². The van der Waals surface area contributed by atoms with Crippen LogP contribution in [0.25, 0.3) is 0 Å². The molecule has 112 valence electrons. The molecule has 3 unspecified atom stereocenters. The van der Waals surface area contributed by atoms with Crippen molar-refractivity contribution in [3.63, 3.8) is 0 Å². The summed E-state index contributed by atoms with van der Waals surface area (Å²) in [5, 5.41) is 3.37. The number of methoxy groups -OCH3 is 1. The van der Waals surface area contributed by atoms with Gasteiger partial charge in [0.1, 0.15) is 0 Å². The molecule has 1 N–H and O–H groups in total. The Morgan fingerprint density at radius 3 is 2.70 bits per heavy atom. The Bertz CT molecular complexity index is 433. The SMILES string of the molecule is CCCCOc1ccc(C2CC(NC)C2C)cc1OC. The highest BCUT2D eigenvalue weighted by Gasteiger charge is 2.37. The lowest BCUT2D eigenvalue weighted by molar-refractivity contribution is 0.193. The zero-order chi connectivity index (χ0) is 14.5. The van der Waals surface area contributed by atoms with Crippen molar-refractivity contribution >= 4 is 0 Å². The van der Waals surface area contributed by atoms with E-state index < -0.39 is 0 Å². The van der Waals surface area contributed by atoms with Crippen LogP contribution in [0.15, 0.2) is 18.2 Å². The maximum Gasteiger partial charge on any atom is 0.161 e. The molecule has 0 heterocycles. The van der Waals surface area contributed by atoms with Crippen LogP contribution in [0.3, 0.4) is 0 Å². The number of hydrogen-bond donors (Lipinski definition) is 1. The van der Waals surface area contributed by atoms with Gasteiger partial charge in [0.05, 0.1) is 13.7 Å². The predicted molar refractivity (Wildman–Crippen MR) is 82.8 cm³/mol. The number of hydrogen-bond acceptors (Lipinski definition) is 3. The fraction of sp³-hybridized carbons (Fsp3) is 0.647. The van der Waals surface area contributed by atoms with Crippen molar-refractivity contribution in [2.45, 2.75) is 45.1 Å². The van der Waals surface area contributed by atoms with Gasteiger partial charge in [-0.1, -0.05) is 26.3 Å². The summed E-state index contributed by atoms with van der Waals surface area (Å²) in [6, 6.07) is 7.04. The van der Waals surface area contributed by atoms with Crippen LogP contribution < -0.4 is 14.8 Å². The van der Waals surface area contributed by atoms with E-state index in [9.17, 15) is 0 Å². The molecule has 0 radical (unpaired) electrons. The average Bonchev–Trinajstić information content (AvgIpc) is 2.47. The van der Waals surface area contributed by atoms with Gasteiger partial charge in [-0.3, -0.25) is 0 Å². The Kier molecular flexibility index (Phi) is 5.30. The molecule has 1 aromatic rings. The quantitative estimate of drug-likeness (QED) is 0.773. The summed E-state index contributed by atoms with van der Waals surface area (Å²) in [7, 11) is 3.76. The Morgan fingerprint density at radius 2 is 2.10 bits per heavy atom. The maximum absolute atomic E-state index is 5.79. The minimum atomic E-state index is 0.631. The van der Waals surface area contributed by atoms with Crippen LogP contribution >= 0.6 is 0 Å². The topological polar surface area (TPSA) is 30.5 Å². The average molecular weight is 277 g/mol. The molecule has 1 saturated carbocycles. The molecule has 0 bridgehead atoms. The third-order valence-corrected chi connectivity index (χ3v) is 4.52. The first-order valence-electron chi connectivity index (χ1n) is 7.69. The molecular weight excluding hydrogens is 250 g/mol. The van der Waals surface area contributed by atoms with Crippen LogP contribution in [0.2, 0.25) is 0 Å². The summed E-state index contributed by atoms with van der Waals surface area (Å²) in [6.45, 7) is 5.24. The third-order valence-electron chi connectivity index (χ3n) is 4.52. The van der Waals surface area contributed by atoms with Crippen LogP contribution in [-0.2, 0) is 0 Å². The van der Waals surface area contributed by atoms with Gasteiger partial charge in [0.2, 0.25) is 0 Å². The van der Waals surface area contributed by atoms with E-state index in [2.05, 4.69) is 37.4 Å². The monoisotopic (exact) mass is 277 g/mol. The van der Waals surface area contributed by atoms with Gasteiger partial charge >= 0.3 is 0 Å². The molecule has 1 fully saturated rings. The highest BCUT2D eigenvalue weighted by molar-refractivity contribution is 5.44. The molecule has 2 rings (SSSR count). The lowest BCUT2D eigenvalue weighted by atomic mass is 9.67. The van der Waals surface area contributed by atoms with Crippen LogP contribution in [0.4, 0.5) is 0 Å². The van der Waals surface area contributed by atoms with E-state index in [1.807, 2.05) is 7.05 Å². The fourth-order valence-corrected chi connectivity index (χ4v) is 2.97. The molecule has 1 aliphatic carbocycles. The highest BCUT2D eigenvalue weighted by atomic mass is 16.5. The molecule has 20 heavy (non-hydrogen) atoms. The van der Waals surface area contributed by atoms with E-state index in [4.69, 9.17) is 9.47 Å². The van der Waals surface area contributed by atoms with Crippen molar-refractivity contribution in [2.75, 3.05) is 20.8 Å². The minimum Gasteiger partial charge on any atom is -0.493 e.